The summed E-state index contributed by atoms with van der Waals surface area (Å²) in [5.41, 5.74) is 2.14. The average Bonchev–Trinajstić information content (AvgIpc) is 3.26. The molecule has 25 heavy (non-hydrogen) atoms. The smallest absolute Gasteiger partial charge is 0.170 e. The van der Waals surface area contributed by atoms with E-state index >= 15 is 0 Å². The van der Waals surface area contributed by atoms with Crippen LogP contribution in [0.5, 0.6) is 0 Å². The number of benzene rings is 1. The molecule has 0 amide bonds. The lowest BCUT2D eigenvalue weighted by molar-refractivity contribution is 0.253. The Balaban J connectivity index is 1.46. The first-order valence-electron chi connectivity index (χ1n) is 8.48. The molecule has 0 unspecified atom stereocenters. The Bertz CT molecular complexity index is 851. The van der Waals surface area contributed by atoms with Crippen molar-refractivity contribution in [1.82, 2.24) is 25.1 Å². The van der Waals surface area contributed by atoms with E-state index in [1.165, 1.54) is 6.07 Å². The maximum absolute atomic E-state index is 13.8. The molecule has 3 heterocycles. The van der Waals surface area contributed by atoms with E-state index in [9.17, 15) is 4.39 Å². The van der Waals surface area contributed by atoms with Gasteiger partial charge in [-0.3, -0.25) is 0 Å². The van der Waals surface area contributed by atoms with Gasteiger partial charge in [-0.1, -0.05) is 22.5 Å². The van der Waals surface area contributed by atoms with Crippen molar-refractivity contribution in [3.8, 4) is 11.3 Å². The third kappa shape index (κ3) is 3.46. The fraction of sp³-hybridized carbons (Fsp3) is 0.389. The molecule has 1 fully saturated rings. The van der Waals surface area contributed by atoms with Crippen LogP contribution in [0, 0.1) is 5.82 Å². The maximum Gasteiger partial charge on any atom is 0.170 e. The molecule has 0 spiro atoms. The zero-order chi connectivity index (χ0) is 17.2. The van der Waals surface area contributed by atoms with Crippen LogP contribution in [-0.4, -0.2) is 45.2 Å². The van der Waals surface area contributed by atoms with Gasteiger partial charge in [-0.05, 0) is 45.1 Å². The Morgan fingerprint density at radius 1 is 1.24 bits per heavy atom. The summed E-state index contributed by atoms with van der Waals surface area (Å²) in [6.45, 7) is 2.64. The zero-order valence-corrected chi connectivity index (χ0v) is 14.1. The van der Waals surface area contributed by atoms with Crippen molar-refractivity contribution in [1.29, 1.82) is 0 Å². The van der Waals surface area contributed by atoms with Crippen molar-refractivity contribution in [2.75, 3.05) is 20.1 Å². The zero-order valence-electron chi connectivity index (χ0n) is 14.1. The van der Waals surface area contributed by atoms with Gasteiger partial charge in [-0.25, -0.2) is 9.07 Å². The highest BCUT2D eigenvalue weighted by atomic mass is 19.1. The highest BCUT2D eigenvalue weighted by molar-refractivity contribution is 5.57. The van der Waals surface area contributed by atoms with E-state index in [1.54, 1.807) is 28.9 Å². The lowest BCUT2D eigenvalue weighted by Crippen LogP contribution is -2.29. The molecular weight excluding hydrogens is 321 g/mol. The molecule has 0 radical (unpaired) electrons. The number of piperidine rings is 1. The normalized spacial score (nSPS) is 16.4. The van der Waals surface area contributed by atoms with Gasteiger partial charge in [0.25, 0.3) is 0 Å². The highest BCUT2D eigenvalue weighted by Crippen LogP contribution is 2.26. The molecule has 130 valence electrons. The molecule has 3 aromatic rings. The van der Waals surface area contributed by atoms with Crippen molar-refractivity contribution in [2.24, 2.45) is 0 Å². The van der Waals surface area contributed by atoms with Crippen molar-refractivity contribution >= 4 is 0 Å². The van der Waals surface area contributed by atoms with Crippen LogP contribution in [0.25, 0.3) is 11.3 Å². The summed E-state index contributed by atoms with van der Waals surface area (Å²) in [5.74, 6) is 0.565. The number of nitrogens with zero attached hydrogens (tertiary/aromatic N) is 5. The van der Waals surface area contributed by atoms with E-state index in [4.69, 9.17) is 4.52 Å². The summed E-state index contributed by atoms with van der Waals surface area (Å²) in [6.07, 6.45) is 4.20. The maximum atomic E-state index is 13.8. The largest absolute Gasteiger partial charge is 0.356 e. The third-order valence-corrected chi connectivity index (χ3v) is 4.72. The van der Waals surface area contributed by atoms with Crippen LogP contribution in [0.2, 0.25) is 0 Å². The Morgan fingerprint density at radius 3 is 2.84 bits per heavy atom. The monoisotopic (exact) mass is 341 g/mol. The molecule has 0 N–H and O–H groups in total. The van der Waals surface area contributed by atoms with Crippen LogP contribution in [-0.2, 0) is 6.54 Å². The summed E-state index contributed by atoms with van der Waals surface area (Å²) in [5, 5.41) is 12.5. The van der Waals surface area contributed by atoms with Gasteiger partial charge in [0.05, 0.1) is 17.8 Å². The molecule has 1 aromatic carbocycles. The first kappa shape index (κ1) is 16.0. The predicted molar refractivity (Wildman–Crippen MR) is 90.5 cm³/mol. The molecule has 0 saturated carbocycles. The van der Waals surface area contributed by atoms with Crippen molar-refractivity contribution < 1.29 is 8.91 Å². The van der Waals surface area contributed by atoms with Crippen LogP contribution in [0.4, 0.5) is 4.39 Å². The molecule has 0 atom stereocenters. The van der Waals surface area contributed by atoms with Crippen LogP contribution < -0.4 is 0 Å². The first-order chi connectivity index (χ1) is 12.2. The number of aromatic nitrogens is 4. The Hall–Kier alpha value is -2.54. The molecule has 1 aliphatic heterocycles. The molecule has 7 heteroatoms. The van der Waals surface area contributed by atoms with Gasteiger partial charge in [-0.15, -0.1) is 5.10 Å². The molecule has 4 rings (SSSR count). The predicted octanol–water partition coefficient (Wildman–Crippen LogP) is 2.93. The minimum Gasteiger partial charge on any atom is -0.356 e. The summed E-state index contributed by atoms with van der Waals surface area (Å²) >= 11 is 0. The molecule has 1 aliphatic rings. The summed E-state index contributed by atoms with van der Waals surface area (Å²) in [6, 6.07) is 8.24. The SMILES string of the molecule is CN1CCC(c2cn(Cc3cc(-c4ccccc4F)on3)nn2)CC1. The Kier molecular flexibility index (Phi) is 4.31. The lowest BCUT2D eigenvalue weighted by Gasteiger charge is -2.27. The average molecular weight is 341 g/mol. The van der Waals surface area contributed by atoms with Crippen LogP contribution in [0.15, 0.2) is 41.1 Å². The molecule has 2 aromatic heterocycles. The third-order valence-electron chi connectivity index (χ3n) is 4.72. The number of hydrogen-bond acceptors (Lipinski definition) is 5. The van der Waals surface area contributed by atoms with E-state index < -0.39 is 0 Å². The second-order valence-corrected chi connectivity index (χ2v) is 6.58. The van der Waals surface area contributed by atoms with E-state index in [-0.39, 0.29) is 5.82 Å². The second-order valence-electron chi connectivity index (χ2n) is 6.58. The van der Waals surface area contributed by atoms with Gasteiger partial charge < -0.3 is 9.42 Å². The van der Waals surface area contributed by atoms with Crippen LogP contribution >= 0.6 is 0 Å². The standard InChI is InChI=1S/C18H20FN5O/c1-23-8-6-13(7-9-23)17-12-24(22-20-17)11-14-10-18(25-21-14)15-4-2-3-5-16(15)19/h2-5,10,12-13H,6-9,11H2,1H3. The van der Waals surface area contributed by atoms with Gasteiger partial charge in [0.15, 0.2) is 5.76 Å². The molecule has 0 bridgehead atoms. The first-order valence-corrected chi connectivity index (χ1v) is 8.48. The van der Waals surface area contributed by atoms with Crippen molar-refractivity contribution in [2.45, 2.75) is 25.3 Å². The molecule has 0 aliphatic carbocycles. The van der Waals surface area contributed by atoms with Crippen molar-refractivity contribution in [3.05, 3.63) is 53.7 Å². The van der Waals surface area contributed by atoms with Gasteiger partial charge >= 0.3 is 0 Å². The summed E-state index contributed by atoms with van der Waals surface area (Å²) in [4.78, 5) is 2.33. The summed E-state index contributed by atoms with van der Waals surface area (Å²) < 4.78 is 20.9. The quantitative estimate of drug-likeness (QED) is 0.730. The molecular formula is C18H20FN5O. The van der Waals surface area contributed by atoms with E-state index in [0.717, 1.165) is 31.6 Å². The lowest BCUT2D eigenvalue weighted by atomic mass is 9.94. The van der Waals surface area contributed by atoms with Crippen LogP contribution in [0.3, 0.4) is 0 Å². The van der Waals surface area contributed by atoms with Crippen LogP contribution in [0.1, 0.15) is 30.1 Å². The topological polar surface area (TPSA) is 60.0 Å². The number of hydrogen-bond donors (Lipinski definition) is 0. The van der Waals surface area contributed by atoms with Gasteiger partial charge in [0.1, 0.15) is 11.5 Å². The second kappa shape index (κ2) is 6.76. The Labute approximate surface area is 145 Å². The van der Waals surface area contributed by atoms with Gasteiger partial charge in [-0.2, -0.15) is 0 Å². The molecule has 6 nitrogen and oxygen atoms in total. The Morgan fingerprint density at radius 2 is 2.04 bits per heavy atom. The van der Waals surface area contributed by atoms with E-state index in [2.05, 4.69) is 27.4 Å². The van der Waals surface area contributed by atoms with E-state index in [0.29, 0.717) is 29.5 Å². The van der Waals surface area contributed by atoms with Crippen molar-refractivity contribution in [3.63, 3.8) is 0 Å². The fourth-order valence-corrected chi connectivity index (χ4v) is 3.22. The minimum absolute atomic E-state index is 0.324. The van der Waals surface area contributed by atoms with E-state index in [1.807, 2.05) is 6.20 Å². The van der Waals surface area contributed by atoms with Gasteiger partial charge in [0.2, 0.25) is 0 Å². The van der Waals surface area contributed by atoms with Gasteiger partial charge in [0, 0.05) is 18.2 Å². The summed E-state index contributed by atoms with van der Waals surface area (Å²) in [7, 11) is 2.14. The number of rotatable bonds is 4. The number of halogens is 1. The number of likely N-dealkylation sites (tertiary alicyclic amines) is 1. The fourth-order valence-electron chi connectivity index (χ4n) is 3.22. The minimum atomic E-state index is -0.324. The molecule has 1 saturated heterocycles. The highest BCUT2D eigenvalue weighted by Gasteiger charge is 2.21.